The highest BCUT2D eigenvalue weighted by Gasteiger charge is 2.32. The van der Waals surface area contributed by atoms with Crippen molar-refractivity contribution in [3.8, 4) is 11.5 Å². The zero-order valence-corrected chi connectivity index (χ0v) is 15.8. The van der Waals surface area contributed by atoms with Crippen LogP contribution in [0.15, 0.2) is 36.9 Å². The highest BCUT2D eigenvalue weighted by Crippen LogP contribution is 2.29. The Morgan fingerprint density at radius 1 is 1.33 bits per heavy atom. The van der Waals surface area contributed by atoms with Crippen LogP contribution in [0.5, 0.6) is 11.5 Å². The van der Waals surface area contributed by atoms with Gasteiger partial charge in [0.25, 0.3) is 0 Å². The van der Waals surface area contributed by atoms with E-state index in [2.05, 4.69) is 6.58 Å². The molecule has 146 valence electrons. The van der Waals surface area contributed by atoms with Crippen molar-refractivity contribution < 1.29 is 23.7 Å². The standard InChI is InChI=1S/C21H27NO5/c1-3-11-25-18-8-6-16(14-19(18)24-2)7-9-20(23)22-10-4-5-17(15-22)21-26-12-13-27-21/h3,6-9,14,17,21H,1,4-5,10-13,15H2,2H3/b9-7+. The average Bonchev–Trinajstić information content (AvgIpc) is 3.25. The third-order valence-corrected chi connectivity index (χ3v) is 4.76. The lowest BCUT2D eigenvalue weighted by Gasteiger charge is -2.34. The molecule has 2 aliphatic rings. The first kappa shape index (κ1) is 19.5. The van der Waals surface area contributed by atoms with Crippen molar-refractivity contribution in [1.82, 2.24) is 4.90 Å². The van der Waals surface area contributed by atoms with Crippen LogP contribution in [0.4, 0.5) is 0 Å². The number of amides is 1. The summed E-state index contributed by atoms with van der Waals surface area (Å²) < 4.78 is 22.1. The number of benzene rings is 1. The Balaban J connectivity index is 1.61. The molecule has 6 nitrogen and oxygen atoms in total. The summed E-state index contributed by atoms with van der Waals surface area (Å²) in [4.78, 5) is 14.5. The van der Waals surface area contributed by atoms with Crippen LogP contribution in [0.1, 0.15) is 18.4 Å². The third-order valence-electron chi connectivity index (χ3n) is 4.76. The number of piperidine rings is 1. The molecule has 2 aliphatic heterocycles. The summed E-state index contributed by atoms with van der Waals surface area (Å²) in [6, 6.07) is 5.57. The lowest BCUT2D eigenvalue weighted by Crippen LogP contribution is -2.43. The second-order valence-corrected chi connectivity index (χ2v) is 6.64. The van der Waals surface area contributed by atoms with Gasteiger partial charge in [0.1, 0.15) is 6.61 Å². The average molecular weight is 373 g/mol. The normalized spacial score (nSPS) is 20.8. The first-order valence-electron chi connectivity index (χ1n) is 9.33. The fourth-order valence-electron chi connectivity index (χ4n) is 3.41. The van der Waals surface area contributed by atoms with Gasteiger partial charge in [0.2, 0.25) is 5.91 Å². The lowest BCUT2D eigenvalue weighted by atomic mass is 9.97. The van der Waals surface area contributed by atoms with Crippen LogP contribution < -0.4 is 9.47 Å². The van der Waals surface area contributed by atoms with Crippen LogP contribution >= 0.6 is 0 Å². The molecule has 1 aromatic rings. The second-order valence-electron chi connectivity index (χ2n) is 6.64. The van der Waals surface area contributed by atoms with Crippen molar-refractivity contribution in [3.63, 3.8) is 0 Å². The summed E-state index contributed by atoms with van der Waals surface area (Å²) in [5.74, 6) is 1.53. The smallest absolute Gasteiger partial charge is 0.246 e. The molecular weight excluding hydrogens is 346 g/mol. The van der Waals surface area contributed by atoms with Crippen LogP contribution in [0.2, 0.25) is 0 Å². The van der Waals surface area contributed by atoms with Gasteiger partial charge in [-0.25, -0.2) is 0 Å². The van der Waals surface area contributed by atoms with Gasteiger partial charge in [0, 0.05) is 25.1 Å². The largest absolute Gasteiger partial charge is 0.493 e. The molecule has 1 aromatic carbocycles. The predicted octanol–water partition coefficient (Wildman–Crippen LogP) is 2.88. The van der Waals surface area contributed by atoms with E-state index < -0.39 is 0 Å². The quantitative estimate of drug-likeness (QED) is 0.543. The van der Waals surface area contributed by atoms with E-state index >= 15 is 0 Å². The Labute approximate surface area is 160 Å². The van der Waals surface area contributed by atoms with Gasteiger partial charge in [-0.2, -0.15) is 0 Å². The molecular formula is C21H27NO5. The van der Waals surface area contributed by atoms with E-state index in [0.717, 1.165) is 24.9 Å². The molecule has 1 atom stereocenters. The molecule has 2 heterocycles. The van der Waals surface area contributed by atoms with E-state index in [-0.39, 0.29) is 18.1 Å². The highest BCUT2D eigenvalue weighted by atomic mass is 16.7. The fourth-order valence-corrected chi connectivity index (χ4v) is 3.41. The number of ether oxygens (including phenoxy) is 4. The number of likely N-dealkylation sites (tertiary alicyclic amines) is 1. The summed E-state index contributed by atoms with van der Waals surface area (Å²) in [6.07, 6.45) is 6.92. The number of carbonyl (C=O) groups is 1. The molecule has 3 rings (SSSR count). The van der Waals surface area contributed by atoms with Gasteiger partial charge < -0.3 is 23.8 Å². The molecule has 0 radical (unpaired) electrons. The maximum absolute atomic E-state index is 12.6. The SMILES string of the molecule is C=CCOc1ccc(/C=C/C(=O)N2CCCC(C3OCCO3)C2)cc1OC. The van der Waals surface area contributed by atoms with Crippen molar-refractivity contribution in [2.45, 2.75) is 19.1 Å². The van der Waals surface area contributed by atoms with Crippen molar-refractivity contribution in [3.05, 3.63) is 42.5 Å². The zero-order valence-electron chi connectivity index (χ0n) is 15.8. The van der Waals surface area contributed by atoms with Crippen molar-refractivity contribution in [1.29, 1.82) is 0 Å². The molecule has 6 heteroatoms. The van der Waals surface area contributed by atoms with Gasteiger partial charge in [-0.3, -0.25) is 4.79 Å². The number of hydrogen-bond acceptors (Lipinski definition) is 5. The van der Waals surface area contributed by atoms with Crippen molar-refractivity contribution in [2.75, 3.05) is 40.0 Å². The van der Waals surface area contributed by atoms with Crippen LogP contribution in [-0.2, 0) is 14.3 Å². The van der Waals surface area contributed by atoms with E-state index in [1.54, 1.807) is 25.3 Å². The van der Waals surface area contributed by atoms with Crippen LogP contribution in [0.25, 0.3) is 6.08 Å². The lowest BCUT2D eigenvalue weighted by molar-refractivity contribution is -0.134. The van der Waals surface area contributed by atoms with Gasteiger partial charge in [0.05, 0.1) is 20.3 Å². The zero-order chi connectivity index (χ0) is 19.1. The Kier molecular flexibility index (Phi) is 6.90. The number of rotatable bonds is 7. The number of nitrogens with zero attached hydrogens (tertiary/aromatic N) is 1. The fraction of sp³-hybridized carbons (Fsp3) is 0.476. The molecule has 0 saturated carbocycles. The maximum Gasteiger partial charge on any atom is 0.246 e. The maximum atomic E-state index is 12.6. The van der Waals surface area contributed by atoms with Gasteiger partial charge >= 0.3 is 0 Å². The Hall–Kier alpha value is -2.31. The molecule has 0 spiro atoms. The molecule has 0 aromatic heterocycles. The highest BCUT2D eigenvalue weighted by molar-refractivity contribution is 5.92. The van der Waals surface area contributed by atoms with Gasteiger partial charge in [0.15, 0.2) is 17.8 Å². The van der Waals surface area contributed by atoms with E-state index in [1.807, 2.05) is 23.1 Å². The monoisotopic (exact) mass is 373 g/mol. The number of methoxy groups -OCH3 is 1. The molecule has 2 fully saturated rings. The van der Waals surface area contributed by atoms with Crippen LogP contribution in [0, 0.1) is 5.92 Å². The number of carbonyl (C=O) groups excluding carboxylic acids is 1. The van der Waals surface area contributed by atoms with Crippen molar-refractivity contribution >= 4 is 12.0 Å². The number of hydrogen-bond donors (Lipinski definition) is 0. The first-order chi connectivity index (χ1) is 13.2. The Morgan fingerprint density at radius 3 is 2.89 bits per heavy atom. The summed E-state index contributed by atoms with van der Waals surface area (Å²) >= 11 is 0. The molecule has 2 saturated heterocycles. The van der Waals surface area contributed by atoms with Crippen molar-refractivity contribution in [2.24, 2.45) is 5.92 Å². The second kappa shape index (κ2) is 9.58. The van der Waals surface area contributed by atoms with E-state index in [4.69, 9.17) is 18.9 Å². The molecule has 0 N–H and O–H groups in total. The van der Waals surface area contributed by atoms with E-state index in [0.29, 0.717) is 37.9 Å². The van der Waals surface area contributed by atoms with E-state index in [9.17, 15) is 4.79 Å². The van der Waals surface area contributed by atoms with Gasteiger partial charge in [-0.15, -0.1) is 0 Å². The minimum absolute atomic E-state index is 0.00338. The molecule has 1 unspecified atom stereocenters. The van der Waals surface area contributed by atoms with Crippen LogP contribution in [0.3, 0.4) is 0 Å². The molecule has 0 bridgehead atoms. The first-order valence-corrected chi connectivity index (χ1v) is 9.33. The van der Waals surface area contributed by atoms with E-state index in [1.165, 1.54) is 0 Å². The summed E-state index contributed by atoms with van der Waals surface area (Å²) in [5, 5.41) is 0. The molecule has 27 heavy (non-hydrogen) atoms. The predicted molar refractivity (Wildman–Crippen MR) is 103 cm³/mol. The molecule has 0 aliphatic carbocycles. The van der Waals surface area contributed by atoms with Crippen LogP contribution in [-0.4, -0.2) is 57.1 Å². The minimum atomic E-state index is -0.169. The summed E-state index contributed by atoms with van der Waals surface area (Å²) in [7, 11) is 1.59. The van der Waals surface area contributed by atoms with Gasteiger partial charge in [-0.1, -0.05) is 18.7 Å². The third kappa shape index (κ3) is 5.11. The molecule has 1 amide bonds. The summed E-state index contributed by atoms with van der Waals surface area (Å²) in [5.41, 5.74) is 0.877. The van der Waals surface area contributed by atoms with Gasteiger partial charge in [-0.05, 0) is 36.6 Å². The Morgan fingerprint density at radius 2 is 2.15 bits per heavy atom. The Bertz CT molecular complexity index is 681. The topological polar surface area (TPSA) is 57.2 Å². The minimum Gasteiger partial charge on any atom is -0.493 e. The summed E-state index contributed by atoms with van der Waals surface area (Å²) in [6.45, 7) is 6.77.